The SMILES string of the molecule is CO[C@@H]1CCN(Cc2cccs2)[C@@H]2CN(Cc3cccnc3)C[C@@H]21.O=C(O)C(F)(F)F.O=C(O)C(F)(F)F.O=C(O)C(F)(F)F. The van der Waals surface area contributed by atoms with E-state index in [2.05, 4.69) is 38.4 Å². The topological polar surface area (TPSA) is 140 Å². The van der Waals surface area contributed by atoms with Crippen molar-refractivity contribution in [3.05, 3.63) is 52.5 Å². The minimum atomic E-state index is -5.08. The molecule has 2 fully saturated rings. The Balaban J connectivity index is 0.000000396. The zero-order valence-electron chi connectivity index (χ0n) is 23.1. The number of piperidine rings is 1. The number of fused-ring (bicyclic) bond motifs is 1. The summed E-state index contributed by atoms with van der Waals surface area (Å²) in [6.45, 7) is 5.46. The van der Waals surface area contributed by atoms with Gasteiger partial charge in [-0.1, -0.05) is 12.1 Å². The maximum Gasteiger partial charge on any atom is 0.490 e. The van der Waals surface area contributed by atoms with Gasteiger partial charge in [-0.3, -0.25) is 14.8 Å². The van der Waals surface area contributed by atoms with Crippen molar-refractivity contribution >= 4 is 29.2 Å². The third-order valence-electron chi connectivity index (χ3n) is 6.15. The van der Waals surface area contributed by atoms with Crippen LogP contribution in [-0.2, 0) is 32.2 Å². The fourth-order valence-corrected chi connectivity index (χ4v) is 5.02. The number of pyridine rings is 1. The van der Waals surface area contributed by atoms with E-state index in [1.807, 2.05) is 36.9 Å². The molecule has 0 radical (unpaired) electrons. The molecule has 0 aliphatic carbocycles. The molecule has 2 aliphatic heterocycles. The molecule has 0 spiro atoms. The molecule has 2 saturated heterocycles. The minimum absolute atomic E-state index is 0.397. The van der Waals surface area contributed by atoms with Crippen LogP contribution < -0.4 is 0 Å². The van der Waals surface area contributed by atoms with E-state index in [4.69, 9.17) is 34.4 Å². The van der Waals surface area contributed by atoms with Crippen molar-refractivity contribution in [3.8, 4) is 0 Å². The van der Waals surface area contributed by atoms with Crippen LogP contribution in [0, 0.1) is 5.92 Å². The van der Waals surface area contributed by atoms with Crippen LogP contribution in [0.3, 0.4) is 0 Å². The number of hydrogen-bond donors (Lipinski definition) is 3. The van der Waals surface area contributed by atoms with Gasteiger partial charge in [-0.25, -0.2) is 14.4 Å². The van der Waals surface area contributed by atoms with E-state index in [-0.39, 0.29) is 0 Å². The summed E-state index contributed by atoms with van der Waals surface area (Å²) < 4.78 is 101. The van der Waals surface area contributed by atoms with Crippen LogP contribution in [-0.4, -0.2) is 105 Å². The van der Waals surface area contributed by atoms with Gasteiger partial charge in [0.1, 0.15) is 0 Å². The number of aromatic nitrogens is 1. The molecule has 0 saturated carbocycles. The molecule has 2 aromatic rings. The fraction of sp³-hybridized carbons (Fsp3) is 0.520. The van der Waals surface area contributed by atoms with Gasteiger partial charge in [0.25, 0.3) is 0 Å². The predicted molar refractivity (Wildman–Crippen MR) is 138 cm³/mol. The molecule has 3 N–H and O–H groups in total. The molecule has 3 atom stereocenters. The lowest BCUT2D eigenvalue weighted by atomic mass is 9.89. The summed E-state index contributed by atoms with van der Waals surface area (Å²) in [7, 11) is 1.88. The van der Waals surface area contributed by atoms with Crippen molar-refractivity contribution in [1.29, 1.82) is 0 Å². The van der Waals surface area contributed by atoms with Gasteiger partial charge < -0.3 is 20.1 Å². The molecular weight excluding hydrogens is 657 g/mol. The maximum atomic E-state index is 10.6. The molecule has 2 aliphatic rings. The number of likely N-dealkylation sites (tertiary alicyclic amines) is 2. The van der Waals surface area contributed by atoms with Crippen LogP contribution in [0.5, 0.6) is 0 Å². The number of ether oxygens (including phenoxy) is 1. The number of hydrogen-bond acceptors (Lipinski definition) is 8. The average molecular weight is 686 g/mol. The Morgan fingerprint density at radius 2 is 1.42 bits per heavy atom. The van der Waals surface area contributed by atoms with E-state index in [1.165, 1.54) is 10.4 Å². The second kappa shape index (κ2) is 17.3. The standard InChI is InChI=1S/C19H25N3OS.3C2HF3O2/c1-23-19-6-8-22(12-16-5-3-9-24-16)18-14-21(13-17(18)19)11-15-4-2-7-20-10-15;3*3-2(4,5)1(6)7/h2-5,7,9-10,17-19H,6,8,11-14H2,1H3;3*(H,6,7)/t17-,18+,19+;;;/m0.../s1. The lowest BCUT2D eigenvalue weighted by Crippen LogP contribution is -2.50. The first-order valence-electron chi connectivity index (χ1n) is 12.5. The highest BCUT2D eigenvalue weighted by Crippen LogP contribution is 2.34. The highest BCUT2D eigenvalue weighted by atomic mass is 32.1. The highest BCUT2D eigenvalue weighted by molar-refractivity contribution is 7.09. The van der Waals surface area contributed by atoms with E-state index in [0.29, 0.717) is 18.1 Å². The number of rotatable bonds is 5. The summed E-state index contributed by atoms with van der Waals surface area (Å²) in [5.41, 5.74) is 1.30. The second-order valence-corrected chi connectivity index (χ2v) is 10.3. The number of carboxylic acids is 3. The molecule has 0 unspecified atom stereocenters. The molecule has 0 aromatic carbocycles. The Bertz CT molecular complexity index is 1140. The van der Waals surface area contributed by atoms with E-state index < -0.39 is 36.4 Å². The number of methoxy groups -OCH3 is 1. The lowest BCUT2D eigenvalue weighted by Gasteiger charge is -2.41. The third-order valence-corrected chi connectivity index (χ3v) is 7.02. The summed E-state index contributed by atoms with van der Waals surface area (Å²) >= 11 is 1.87. The molecule has 254 valence electrons. The fourth-order valence-electron chi connectivity index (χ4n) is 4.29. The van der Waals surface area contributed by atoms with Crippen molar-refractivity contribution in [3.63, 3.8) is 0 Å². The molecule has 10 nitrogen and oxygen atoms in total. The number of nitrogens with zero attached hydrogens (tertiary/aromatic N) is 3. The Kier molecular flexibility index (Phi) is 15.2. The first-order valence-corrected chi connectivity index (χ1v) is 13.4. The van der Waals surface area contributed by atoms with E-state index in [9.17, 15) is 39.5 Å². The smallest absolute Gasteiger partial charge is 0.475 e. The summed E-state index contributed by atoms with van der Waals surface area (Å²) in [5, 5.41) is 23.6. The van der Waals surface area contributed by atoms with Gasteiger partial charge in [0.2, 0.25) is 0 Å². The molecule has 0 bridgehead atoms. The van der Waals surface area contributed by atoms with E-state index in [1.54, 1.807) is 0 Å². The van der Waals surface area contributed by atoms with Crippen molar-refractivity contribution in [2.45, 2.75) is 50.2 Å². The van der Waals surface area contributed by atoms with E-state index in [0.717, 1.165) is 39.1 Å². The normalized spacial score (nSPS) is 20.3. The van der Waals surface area contributed by atoms with Crippen molar-refractivity contribution < 1.29 is 74.0 Å². The third kappa shape index (κ3) is 14.4. The van der Waals surface area contributed by atoms with Gasteiger partial charge in [0.15, 0.2) is 0 Å². The van der Waals surface area contributed by atoms with Crippen LogP contribution in [0.4, 0.5) is 39.5 Å². The maximum absolute atomic E-state index is 10.6. The summed E-state index contributed by atoms with van der Waals surface area (Å²) in [6, 6.07) is 9.21. The summed E-state index contributed by atoms with van der Waals surface area (Å²) in [6.07, 6.45) is -9.88. The second-order valence-electron chi connectivity index (χ2n) is 9.31. The predicted octanol–water partition coefficient (Wildman–Crippen LogP) is 4.76. The zero-order valence-corrected chi connectivity index (χ0v) is 24.0. The lowest BCUT2D eigenvalue weighted by molar-refractivity contribution is -0.193. The Labute approximate surface area is 253 Å². The van der Waals surface area contributed by atoms with E-state index >= 15 is 0 Å². The molecule has 4 heterocycles. The van der Waals surface area contributed by atoms with Gasteiger partial charge in [0, 0.05) is 69.1 Å². The molecule has 2 aromatic heterocycles. The molecule has 20 heteroatoms. The summed E-state index contributed by atoms with van der Waals surface area (Å²) in [5.74, 6) is -7.66. The minimum Gasteiger partial charge on any atom is -0.475 e. The number of aliphatic carboxylic acids is 3. The van der Waals surface area contributed by atoms with Gasteiger partial charge in [-0.2, -0.15) is 39.5 Å². The monoisotopic (exact) mass is 685 g/mol. The van der Waals surface area contributed by atoms with Crippen LogP contribution in [0.25, 0.3) is 0 Å². The average Bonchev–Trinajstić information content (AvgIpc) is 3.59. The number of carbonyl (C=O) groups is 3. The quantitative estimate of drug-likeness (QED) is 0.378. The number of carboxylic acid groups (broad SMARTS) is 3. The Hall–Kier alpha value is -3.49. The molecule has 0 amide bonds. The van der Waals surface area contributed by atoms with Crippen LogP contribution in [0.15, 0.2) is 42.0 Å². The molecule has 45 heavy (non-hydrogen) atoms. The van der Waals surface area contributed by atoms with Gasteiger partial charge in [-0.05, 0) is 29.5 Å². The van der Waals surface area contributed by atoms with Gasteiger partial charge in [0.05, 0.1) is 6.10 Å². The van der Waals surface area contributed by atoms with Crippen LogP contribution in [0.1, 0.15) is 16.9 Å². The number of halogens is 9. The molecule has 4 rings (SSSR count). The Morgan fingerprint density at radius 3 is 1.82 bits per heavy atom. The Morgan fingerprint density at radius 1 is 0.889 bits per heavy atom. The van der Waals surface area contributed by atoms with Crippen molar-refractivity contribution in [2.75, 3.05) is 26.7 Å². The van der Waals surface area contributed by atoms with Crippen LogP contribution in [0.2, 0.25) is 0 Å². The largest absolute Gasteiger partial charge is 0.490 e. The zero-order chi connectivity index (χ0) is 34.6. The van der Waals surface area contributed by atoms with Gasteiger partial charge in [-0.15, -0.1) is 11.3 Å². The highest BCUT2D eigenvalue weighted by Gasteiger charge is 2.44. The first-order chi connectivity index (χ1) is 20.7. The summed E-state index contributed by atoms with van der Waals surface area (Å²) in [4.78, 5) is 37.7. The van der Waals surface area contributed by atoms with Crippen molar-refractivity contribution in [2.24, 2.45) is 5.92 Å². The molecular formula is C25H28F9N3O7S. The number of thiophene rings is 1. The van der Waals surface area contributed by atoms with Crippen molar-refractivity contribution in [1.82, 2.24) is 14.8 Å². The number of alkyl halides is 9. The van der Waals surface area contributed by atoms with Crippen LogP contribution >= 0.6 is 11.3 Å². The van der Waals surface area contributed by atoms with Gasteiger partial charge >= 0.3 is 36.4 Å². The first kappa shape index (κ1) is 39.5.